The summed E-state index contributed by atoms with van der Waals surface area (Å²) < 4.78 is 0. The fourth-order valence-electron chi connectivity index (χ4n) is 1.54. The first kappa shape index (κ1) is 17.6. The largest absolute Gasteiger partial charge is 0.370 e. The summed E-state index contributed by atoms with van der Waals surface area (Å²) in [5, 5.41) is 0. The molecule has 0 aromatic carbocycles. The van der Waals surface area contributed by atoms with Gasteiger partial charge in [-0.2, -0.15) is 0 Å². The van der Waals surface area contributed by atoms with E-state index in [-0.39, 0.29) is 18.1 Å². The summed E-state index contributed by atoms with van der Waals surface area (Å²) in [4.78, 5) is 38.4. The molecule has 0 aromatic rings. The van der Waals surface area contributed by atoms with Crippen LogP contribution in [0.5, 0.6) is 0 Å². The third-order valence-electron chi connectivity index (χ3n) is 2.64. The zero-order valence-electron chi connectivity index (χ0n) is 11.9. The van der Waals surface area contributed by atoms with Crippen LogP contribution in [0.1, 0.15) is 52.9 Å². The Bertz CT molecular complexity index is 316. The van der Waals surface area contributed by atoms with Crippen molar-refractivity contribution in [3.8, 4) is 0 Å². The summed E-state index contributed by atoms with van der Waals surface area (Å²) >= 11 is 0. The molecule has 110 valence electrons. The first-order valence-corrected chi connectivity index (χ1v) is 6.64. The first-order valence-electron chi connectivity index (χ1n) is 6.64. The van der Waals surface area contributed by atoms with Gasteiger partial charge in [0.05, 0.1) is 0 Å². The molecule has 1 atom stereocenters. The number of Topliss-reactive ketones (excluding diaryl/α,β-unsaturated/α-hetero) is 1. The third kappa shape index (κ3) is 8.31. The minimum atomic E-state index is -0.703. The summed E-state index contributed by atoms with van der Waals surface area (Å²) in [6.07, 6.45) is 2.35. The van der Waals surface area contributed by atoms with E-state index in [0.717, 1.165) is 6.42 Å². The smallest absolute Gasteiger partial charge is 0.324 e. The Hall–Kier alpha value is -1.43. The topological polar surface area (TPSA) is 98.5 Å². The minimum Gasteiger partial charge on any atom is -0.370 e. The molecule has 3 N–H and O–H groups in total. The lowest BCUT2D eigenvalue weighted by molar-refractivity contribution is -0.155. The van der Waals surface area contributed by atoms with Gasteiger partial charge in [0.2, 0.25) is 5.91 Å². The molecule has 0 rings (SSSR count). The van der Waals surface area contributed by atoms with Gasteiger partial charge in [-0.15, -0.1) is 5.48 Å². The predicted molar refractivity (Wildman–Crippen MR) is 70.8 cm³/mol. The van der Waals surface area contributed by atoms with Gasteiger partial charge in [-0.05, 0) is 18.8 Å². The van der Waals surface area contributed by atoms with Crippen molar-refractivity contribution in [2.24, 2.45) is 11.7 Å². The number of rotatable bonds is 10. The Morgan fingerprint density at radius 1 is 1.16 bits per heavy atom. The van der Waals surface area contributed by atoms with E-state index >= 15 is 0 Å². The number of hydrogen-bond donors (Lipinski definition) is 2. The maximum Gasteiger partial charge on any atom is 0.324 e. The molecule has 0 aliphatic rings. The normalized spacial score (nSPS) is 12.2. The number of carbonyl (C=O) groups is 3. The second kappa shape index (κ2) is 9.49. The molecule has 1 amide bonds. The fraction of sp³-hybridized carbons (Fsp3) is 0.769. The van der Waals surface area contributed by atoms with Gasteiger partial charge in [-0.1, -0.05) is 20.8 Å². The number of primary amides is 1. The molecule has 0 radical (unpaired) electrons. The van der Waals surface area contributed by atoms with E-state index < -0.39 is 17.9 Å². The van der Waals surface area contributed by atoms with Gasteiger partial charge in [0.25, 0.3) is 0 Å². The maximum absolute atomic E-state index is 11.4. The highest BCUT2D eigenvalue weighted by atomic mass is 16.7. The summed E-state index contributed by atoms with van der Waals surface area (Å²) in [5.74, 6) is -0.978. The Labute approximate surface area is 114 Å². The molecule has 6 nitrogen and oxygen atoms in total. The number of nitrogens with two attached hydrogens (primary N) is 1. The molecule has 6 heteroatoms. The molecule has 0 heterocycles. The summed E-state index contributed by atoms with van der Waals surface area (Å²) in [6.45, 7) is 5.52. The van der Waals surface area contributed by atoms with Crippen molar-refractivity contribution in [2.75, 3.05) is 0 Å². The van der Waals surface area contributed by atoms with E-state index in [1.165, 1.54) is 0 Å². The number of hydroxylamine groups is 1. The van der Waals surface area contributed by atoms with Crippen molar-refractivity contribution in [1.82, 2.24) is 5.48 Å². The van der Waals surface area contributed by atoms with Crippen molar-refractivity contribution in [2.45, 2.75) is 58.9 Å². The Balaban J connectivity index is 3.86. The molecule has 19 heavy (non-hydrogen) atoms. The van der Waals surface area contributed by atoms with E-state index in [0.29, 0.717) is 19.3 Å². The molecule has 0 aliphatic heterocycles. The van der Waals surface area contributed by atoms with Gasteiger partial charge >= 0.3 is 5.97 Å². The van der Waals surface area contributed by atoms with E-state index in [1.54, 1.807) is 13.8 Å². The molecule has 0 aliphatic carbocycles. The third-order valence-corrected chi connectivity index (χ3v) is 2.64. The minimum absolute atomic E-state index is 0.0727. The van der Waals surface area contributed by atoms with E-state index in [9.17, 15) is 14.4 Å². The predicted octanol–water partition coefficient (Wildman–Crippen LogP) is 1.08. The molecular weight excluding hydrogens is 248 g/mol. The summed E-state index contributed by atoms with van der Waals surface area (Å²) in [5.41, 5.74) is 7.53. The van der Waals surface area contributed by atoms with Crippen LogP contribution < -0.4 is 11.2 Å². The highest BCUT2D eigenvalue weighted by Gasteiger charge is 2.20. The van der Waals surface area contributed by atoms with Crippen LogP contribution in [-0.2, 0) is 19.2 Å². The van der Waals surface area contributed by atoms with Crippen LogP contribution in [0.25, 0.3) is 0 Å². The molecular formula is C13H24N2O4. The van der Waals surface area contributed by atoms with Crippen molar-refractivity contribution in [1.29, 1.82) is 0 Å². The number of ketones is 1. The number of amides is 1. The van der Waals surface area contributed by atoms with Crippen molar-refractivity contribution < 1.29 is 19.2 Å². The van der Waals surface area contributed by atoms with Crippen LogP contribution >= 0.6 is 0 Å². The molecule has 0 spiro atoms. The zero-order valence-corrected chi connectivity index (χ0v) is 11.9. The average Bonchev–Trinajstić information content (AvgIpc) is 2.28. The molecule has 0 saturated carbocycles. The standard InChI is InChI=1S/C13H24N2O4/c1-4-6-10(16)7-5-8-11(17)19-15-12(9(2)3)13(14)18/h9,12,15H,4-8H2,1-3H3,(H2,14,18)/t12-/m0/s1. The van der Waals surface area contributed by atoms with Crippen molar-refractivity contribution in [3.05, 3.63) is 0 Å². The van der Waals surface area contributed by atoms with Crippen LogP contribution in [0.15, 0.2) is 0 Å². The highest BCUT2D eigenvalue weighted by Crippen LogP contribution is 2.04. The van der Waals surface area contributed by atoms with Crippen molar-refractivity contribution >= 4 is 17.7 Å². The van der Waals surface area contributed by atoms with Gasteiger partial charge < -0.3 is 10.6 Å². The Kier molecular flexibility index (Phi) is 8.78. The van der Waals surface area contributed by atoms with Gasteiger partial charge in [-0.25, -0.2) is 0 Å². The van der Waals surface area contributed by atoms with E-state index in [2.05, 4.69) is 5.48 Å². The second-order valence-corrected chi connectivity index (χ2v) is 4.86. The molecule has 0 aromatic heterocycles. The Morgan fingerprint density at radius 2 is 1.79 bits per heavy atom. The zero-order chi connectivity index (χ0) is 14.8. The van der Waals surface area contributed by atoms with E-state index in [4.69, 9.17) is 10.6 Å². The number of hydrogen-bond acceptors (Lipinski definition) is 5. The quantitative estimate of drug-likeness (QED) is 0.580. The molecule has 0 saturated heterocycles. The maximum atomic E-state index is 11.4. The summed E-state index contributed by atoms with van der Waals surface area (Å²) in [6, 6.07) is -0.703. The number of carbonyl (C=O) groups excluding carboxylic acids is 3. The van der Waals surface area contributed by atoms with Crippen LogP contribution in [0.4, 0.5) is 0 Å². The first-order chi connectivity index (χ1) is 8.88. The second-order valence-electron chi connectivity index (χ2n) is 4.86. The lowest BCUT2D eigenvalue weighted by Crippen LogP contribution is -2.45. The summed E-state index contributed by atoms with van der Waals surface area (Å²) in [7, 11) is 0. The van der Waals surface area contributed by atoms with Gasteiger partial charge in [0.15, 0.2) is 0 Å². The molecule has 0 bridgehead atoms. The van der Waals surface area contributed by atoms with Crippen LogP contribution in [0.3, 0.4) is 0 Å². The monoisotopic (exact) mass is 272 g/mol. The van der Waals surface area contributed by atoms with Gasteiger partial charge in [-0.3, -0.25) is 14.4 Å². The van der Waals surface area contributed by atoms with Crippen LogP contribution in [0.2, 0.25) is 0 Å². The molecule has 0 fully saturated rings. The van der Waals surface area contributed by atoms with Crippen LogP contribution in [-0.4, -0.2) is 23.7 Å². The number of nitrogens with one attached hydrogen (secondary N) is 1. The van der Waals surface area contributed by atoms with Gasteiger partial charge in [0, 0.05) is 19.3 Å². The van der Waals surface area contributed by atoms with E-state index in [1.807, 2.05) is 6.92 Å². The lowest BCUT2D eigenvalue weighted by atomic mass is 10.1. The van der Waals surface area contributed by atoms with Crippen LogP contribution in [0, 0.1) is 5.92 Å². The molecule has 0 unspecified atom stereocenters. The van der Waals surface area contributed by atoms with Crippen molar-refractivity contribution in [3.63, 3.8) is 0 Å². The highest BCUT2D eigenvalue weighted by molar-refractivity contribution is 5.80. The fourth-order valence-corrected chi connectivity index (χ4v) is 1.54. The average molecular weight is 272 g/mol. The Morgan fingerprint density at radius 3 is 2.26 bits per heavy atom. The lowest BCUT2D eigenvalue weighted by Gasteiger charge is -2.17. The SMILES string of the molecule is CCCC(=O)CCCC(=O)ON[C@H](C(N)=O)C(C)C. The van der Waals surface area contributed by atoms with Gasteiger partial charge in [0.1, 0.15) is 11.8 Å².